The summed E-state index contributed by atoms with van der Waals surface area (Å²) >= 11 is 0. The molecule has 45 heavy (non-hydrogen) atoms. The van der Waals surface area contributed by atoms with Crippen molar-refractivity contribution in [2.45, 2.75) is 123 Å². The Morgan fingerprint density at radius 2 is 1.62 bits per heavy atom. The lowest BCUT2D eigenvalue weighted by Gasteiger charge is -2.60. The van der Waals surface area contributed by atoms with Gasteiger partial charge in [-0.25, -0.2) is 0 Å². The van der Waals surface area contributed by atoms with Gasteiger partial charge in [0.2, 0.25) is 0 Å². The largest absolute Gasteiger partial charge is 0.393 e. The molecule has 7 nitrogen and oxygen atoms in total. The van der Waals surface area contributed by atoms with Crippen LogP contribution >= 0.6 is 0 Å². The monoisotopic (exact) mass is 631 g/mol. The van der Waals surface area contributed by atoms with Gasteiger partial charge in [-0.3, -0.25) is 4.90 Å². The van der Waals surface area contributed by atoms with Crippen LogP contribution in [0.15, 0.2) is 11.1 Å². The molecule has 0 aromatic heterocycles. The highest BCUT2D eigenvalue weighted by atomic mass is 16.6. The molecule has 0 bridgehead atoms. The van der Waals surface area contributed by atoms with E-state index in [4.69, 9.17) is 23.7 Å². The third-order valence-corrected chi connectivity index (χ3v) is 14.2. The number of hydrogen-bond acceptors (Lipinski definition) is 7. The van der Waals surface area contributed by atoms with E-state index in [0.717, 1.165) is 56.7 Å². The Morgan fingerprint density at radius 1 is 0.911 bits per heavy atom. The maximum atomic E-state index is 10.6. The predicted molar refractivity (Wildman–Crippen MR) is 177 cm³/mol. The Labute approximate surface area is 274 Å². The lowest BCUT2D eigenvalue weighted by Crippen LogP contribution is -2.53. The van der Waals surface area contributed by atoms with E-state index in [1.54, 1.807) is 12.7 Å². The lowest BCUT2D eigenvalue weighted by molar-refractivity contribution is -0.129. The van der Waals surface area contributed by atoms with Crippen LogP contribution in [0, 0.1) is 40.4 Å². The average molecular weight is 632 g/mol. The number of rotatable bonds is 12. The fourth-order valence-corrected chi connectivity index (χ4v) is 11.7. The zero-order chi connectivity index (χ0) is 31.8. The zero-order valence-corrected chi connectivity index (χ0v) is 29.5. The first-order chi connectivity index (χ1) is 21.6. The maximum Gasteiger partial charge on any atom is 0.0765 e. The van der Waals surface area contributed by atoms with Gasteiger partial charge in [0.1, 0.15) is 0 Å². The van der Waals surface area contributed by atoms with Crippen molar-refractivity contribution in [3.63, 3.8) is 0 Å². The number of likely N-dealkylation sites (tertiary alicyclic amines) is 1. The molecule has 0 amide bonds. The van der Waals surface area contributed by atoms with Gasteiger partial charge in [-0.2, -0.15) is 0 Å². The highest BCUT2D eigenvalue weighted by Crippen LogP contribution is 2.69. The Balaban J connectivity index is 1.06. The van der Waals surface area contributed by atoms with Crippen LogP contribution < -0.4 is 0 Å². The fourth-order valence-electron chi connectivity index (χ4n) is 11.7. The van der Waals surface area contributed by atoms with Crippen LogP contribution in [-0.4, -0.2) is 100 Å². The van der Waals surface area contributed by atoms with Crippen molar-refractivity contribution in [2.75, 3.05) is 66.4 Å². The first-order valence-corrected chi connectivity index (χ1v) is 18.6. The predicted octanol–water partition coefficient (Wildman–Crippen LogP) is 6.27. The van der Waals surface area contributed by atoms with Crippen molar-refractivity contribution in [3.05, 3.63) is 11.1 Å². The molecule has 4 aliphatic carbocycles. The summed E-state index contributed by atoms with van der Waals surface area (Å²) in [6.45, 7) is 19.0. The molecular formula is C38H65NO6. The first kappa shape index (κ1) is 34.3. The van der Waals surface area contributed by atoms with Gasteiger partial charge < -0.3 is 28.8 Å². The molecule has 6 aliphatic rings. The van der Waals surface area contributed by atoms with Crippen molar-refractivity contribution in [1.29, 1.82) is 0 Å². The number of aliphatic hydroxyl groups excluding tert-OH is 1. The summed E-state index contributed by atoms with van der Waals surface area (Å²) in [5.41, 5.74) is 4.09. The summed E-state index contributed by atoms with van der Waals surface area (Å²) in [4.78, 5) is 2.72. The summed E-state index contributed by atoms with van der Waals surface area (Å²) in [6, 6.07) is 0.483. The summed E-state index contributed by atoms with van der Waals surface area (Å²) in [6.07, 6.45) is 12.2. The minimum absolute atomic E-state index is 0.0311. The van der Waals surface area contributed by atoms with Crippen LogP contribution in [0.5, 0.6) is 0 Å². The van der Waals surface area contributed by atoms with Gasteiger partial charge in [0.15, 0.2) is 0 Å². The van der Waals surface area contributed by atoms with Crippen molar-refractivity contribution in [1.82, 2.24) is 4.90 Å². The van der Waals surface area contributed by atoms with Crippen LogP contribution in [0.3, 0.4) is 0 Å². The van der Waals surface area contributed by atoms with Crippen molar-refractivity contribution >= 4 is 0 Å². The molecular weight excluding hydrogens is 566 g/mol. The van der Waals surface area contributed by atoms with E-state index in [1.165, 1.54) is 44.9 Å². The Morgan fingerprint density at radius 3 is 2.36 bits per heavy atom. The van der Waals surface area contributed by atoms with Crippen molar-refractivity contribution in [3.8, 4) is 0 Å². The molecule has 11 atom stereocenters. The van der Waals surface area contributed by atoms with Gasteiger partial charge in [-0.15, -0.1) is 0 Å². The molecule has 2 aliphatic heterocycles. The molecule has 0 aromatic rings. The molecule has 2 saturated heterocycles. The van der Waals surface area contributed by atoms with Gasteiger partial charge in [0.05, 0.1) is 64.1 Å². The number of piperidine rings is 1. The molecule has 7 heteroatoms. The zero-order valence-electron chi connectivity index (χ0n) is 29.5. The normalized spacial score (nSPS) is 44.9. The second kappa shape index (κ2) is 14.1. The number of allylic oxidation sites excluding steroid dienone is 1. The summed E-state index contributed by atoms with van der Waals surface area (Å²) in [7, 11) is 1.68. The van der Waals surface area contributed by atoms with E-state index in [0.29, 0.717) is 74.5 Å². The Bertz CT molecular complexity index is 1040. The van der Waals surface area contributed by atoms with Crippen LogP contribution in [0.4, 0.5) is 0 Å². The van der Waals surface area contributed by atoms with E-state index >= 15 is 0 Å². The first-order valence-electron chi connectivity index (χ1n) is 18.6. The molecule has 1 N–H and O–H groups in total. The van der Waals surface area contributed by atoms with Gasteiger partial charge >= 0.3 is 0 Å². The van der Waals surface area contributed by atoms with Gasteiger partial charge in [-0.1, -0.05) is 38.8 Å². The molecule has 3 saturated carbocycles. The summed E-state index contributed by atoms with van der Waals surface area (Å²) < 4.78 is 29.5. The molecule has 0 aromatic carbocycles. The number of nitrogens with zero attached hydrogens (tertiary/aromatic N) is 1. The fraction of sp³-hybridized carbons (Fsp3) is 0.947. The Hall–Kier alpha value is -0.540. The number of ether oxygens (including phenoxy) is 5. The minimum Gasteiger partial charge on any atom is -0.393 e. The molecule has 1 unspecified atom stereocenters. The van der Waals surface area contributed by atoms with E-state index in [9.17, 15) is 5.11 Å². The average Bonchev–Trinajstić information content (AvgIpc) is 3.46. The number of aliphatic hydroxyl groups is 1. The highest BCUT2D eigenvalue weighted by molar-refractivity contribution is 5.30. The number of hydrogen-bond donors (Lipinski definition) is 1. The molecule has 0 radical (unpaired) electrons. The summed E-state index contributed by atoms with van der Waals surface area (Å²) in [5, 5.41) is 10.6. The van der Waals surface area contributed by atoms with E-state index in [2.05, 4.69) is 39.5 Å². The lowest BCUT2D eigenvalue weighted by atomic mass is 9.45. The van der Waals surface area contributed by atoms with Gasteiger partial charge in [-0.05, 0) is 106 Å². The van der Waals surface area contributed by atoms with Gasteiger partial charge in [0.25, 0.3) is 0 Å². The number of fused-ring (bicyclic) bond motifs is 6. The standard InChI is InChI=1S/C38H65NO6/c1-26-21-34-35(39(25-26)13-14-42-17-18-44-20-19-43-16-15-41-6)28(3)38(45-34)12-9-30-31-8-10-36(4)24-29(40)7-11-37(36,5)33(31)22-32(30)27(2)23-38/h26,28-31,33-35,40H,7-25H2,1-6H3/t26-,28+,29-,30-,31-,33-,34+,35-,36?,37+,38-/m0/s1. The van der Waals surface area contributed by atoms with E-state index < -0.39 is 0 Å². The highest BCUT2D eigenvalue weighted by Gasteiger charge is 2.62. The van der Waals surface area contributed by atoms with Gasteiger partial charge in [0, 0.05) is 32.2 Å². The molecule has 2 heterocycles. The minimum atomic E-state index is -0.0956. The van der Waals surface area contributed by atoms with E-state index in [1.807, 2.05) is 5.57 Å². The second-order valence-corrected chi connectivity index (χ2v) is 16.7. The topological polar surface area (TPSA) is 69.6 Å². The van der Waals surface area contributed by atoms with E-state index in [-0.39, 0.29) is 11.7 Å². The van der Waals surface area contributed by atoms with Crippen LogP contribution in [0.1, 0.15) is 98.8 Å². The third-order valence-electron chi connectivity index (χ3n) is 14.2. The van der Waals surface area contributed by atoms with Crippen LogP contribution in [0.25, 0.3) is 0 Å². The third kappa shape index (κ3) is 6.59. The SMILES string of the molecule is COCCOCCOCCOCCN1C[C@@H](C)C[C@H]2O[C@]3(CC[C@@H]4C(=C(C)C3)C[C@H]3[C@H]4CCC4(C)C[C@@H](O)CC[C@]34C)[C@H](C)[C@@H]21. The number of methoxy groups -OCH3 is 1. The summed E-state index contributed by atoms with van der Waals surface area (Å²) in [5.74, 6) is 3.51. The van der Waals surface area contributed by atoms with Crippen LogP contribution in [-0.2, 0) is 23.7 Å². The maximum absolute atomic E-state index is 10.6. The molecule has 1 spiro atoms. The molecule has 6 rings (SSSR count). The Kier molecular flexibility index (Phi) is 10.8. The second-order valence-electron chi connectivity index (χ2n) is 16.7. The molecule has 5 fully saturated rings. The van der Waals surface area contributed by atoms with Crippen molar-refractivity contribution in [2.24, 2.45) is 40.4 Å². The quantitative estimate of drug-likeness (QED) is 0.201. The smallest absolute Gasteiger partial charge is 0.0765 e. The van der Waals surface area contributed by atoms with Crippen LogP contribution in [0.2, 0.25) is 0 Å². The molecule has 258 valence electrons. The van der Waals surface area contributed by atoms with Crippen molar-refractivity contribution < 1.29 is 28.8 Å².